The van der Waals surface area contributed by atoms with Crippen molar-refractivity contribution in [2.45, 2.75) is 25.7 Å². The van der Waals surface area contributed by atoms with Gasteiger partial charge in [0.1, 0.15) is 5.69 Å². The molecule has 2 amide bonds. The molecule has 126 valence electrons. The van der Waals surface area contributed by atoms with E-state index in [0.717, 1.165) is 31.1 Å². The molecule has 1 saturated carbocycles. The summed E-state index contributed by atoms with van der Waals surface area (Å²) in [5.41, 5.74) is 6.43. The summed E-state index contributed by atoms with van der Waals surface area (Å²) in [5, 5.41) is 4.48. The Morgan fingerprint density at radius 1 is 1.17 bits per heavy atom. The molecule has 1 aliphatic carbocycles. The van der Waals surface area contributed by atoms with Crippen molar-refractivity contribution in [3.8, 4) is 0 Å². The van der Waals surface area contributed by atoms with Gasteiger partial charge < -0.3 is 11.1 Å². The average molecular weight is 346 g/mol. The first-order valence-corrected chi connectivity index (χ1v) is 8.54. The third-order valence-corrected chi connectivity index (χ3v) is 4.92. The highest BCUT2D eigenvalue weighted by Crippen LogP contribution is 2.28. The van der Waals surface area contributed by atoms with E-state index in [0.29, 0.717) is 28.7 Å². The third kappa shape index (κ3) is 3.85. The highest BCUT2D eigenvalue weighted by Gasteiger charge is 2.25. The molecule has 0 spiro atoms. The molecule has 0 unspecified atom stereocenters. The molecule has 0 aliphatic heterocycles. The Morgan fingerprint density at radius 2 is 1.88 bits per heavy atom. The highest BCUT2D eigenvalue weighted by atomic mass is 35.5. The maximum atomic E-state index is 12.3. The number of primary amides is 1. The first kappa shape index (κ1) is 16.7. The number of rotatable bonds is 4. The molecule has 1 aromatic heterocycles. The molecule has 0 atom stereocenters. The Morgan fingerprint density at radius 3 is 2.58 bits per heavy atom. The van der Waals surface area contributed by atoms with Crippen LogP contribution in [0.15, 0.2) is 30.3 Å². The monoisotopic (exact) mass is 345 g/mol. The predicted octanol–water partition coefficient (Wildman–Crippen LogP) is 2.91. The number of fused-ring (bicyclic) bond motifs is 1. The van der Waals surface area contributed by atoms with Gasteiger partial charge in [-0.3, -0.25) is 9.59 Å². The van der Waals surface area contributed by atoms with Gasteiger partial charge in [0.2, 0.25) is 5.91 Å². The van der Waals surface area contributed by atoms with Gasteiger partial charge in [0.05, 0.1) is 5.52 Å². The lowest BCUT2D eigenvalue weighted by Gasteiger charge is -2.26. The van der Waals surface area contributed by atoms with E-state index in [2.05, 4.69) is 10.3 Å². The number of benzene rings is 1. The Bertz CT molecular complexity index is 770. The summed E-state index contributed by atoms with van der Waals surface area (Å²) >= 11 is 5.97. The van der Waals surface area contributed by atoms with Gasteiger partial charge >= 0.3 is 0 Å². The second-order valence-corrected chi connectivity index (χ2v) is 6.80. The number of nitrogens with two attached hydrogens (primary N) is 1. The van der Waals surface area contributed by atoms with Gasteiger partial charge in [0, 0.05) is 22.9 Å². The number of halogens is 1. The number of nitrogens with zero attached hydrogens (tertiary/aromatic N) is 1. The summed E-state index contributed by atoms with van der Waals surface area (Å²) in [4.78, 5) is 27.9. The lowest BCUT2D eigenvalue weighted by Crippen LogP contribution is -2.34. The van der Waals surface area contributed by atoms with Gasteiger partial charge in [-0.15, -0.1) is 0 Å². The fourth-order valence-corrected chi connectivity index (χ4v) is 3.36. The Kier molecular flexibility index (Phi) is 5.00. The lowest BCUT2D eigenvalue weighted by atomic mass is 9.81. The largest absolute Gasteiger partial charge is 0.369 e. The standard InChI is InChI=1S/C18H20ClN3O2/c19-14-7-5-12-6-8-15(22-16(12)9-14)18(24)21-10-11-1-3-13(4-2-11)17(20)23/h5-9,11,13H,1-4,10H2,(H2,20,23)(H,21,24). The topological polar surface area (TPSA) is 85.1 Å². The van der Waals surface area contributed by atoms with Crippen molar-refractivity contribution in [2.75, 3.05) is 6.54 Å². The minimum Gasteiger partial charge on any atom is -0.369 e. The lowest BCUT2D eigenvalue weighted by molar-refractivity contribution is -0.122. The fourth-order valence-electron chi connectivity index (χ4n) is 3.20. The Labute approximate surface area is 145 Å². The molecule has 24 heavy (non-hydrogen) atoms. The summed E-state index contributed by atoms with van der Waals surface area (Å²) in [6.45, 7) is 0.597. The van der Waals surface area contributed by atoms with Crippen LogP contribution in [0.2, 0.25) is 5.02 Å². The molecule has 3 rings (SSSR count). The first-order chi connectivity index (χ1) is 11.5. The summed E-state index contributed by atoms with van der Waals surface area (Å²) in [5.74, 6) is -0.0197. The van der Waals surface area contributed by atoms with Crippen LogP contribution in [0.25, 0.3) is 10.9 Å². The van der Waals surface area contributed by atoms with Crippen LogP contribution in [-0.4, -0.2) is 23.3 Å². The predicted molar refractivity (Wildman–Crippen MR) is 93.7 cm³/mol. The molecule has 5 nitrogen and oxygen atoms in total. The number of carbonyl (C=O) groups excluding carboxylic acids is 2. The van der Waals surface area contributed by atoms with Crippen molar-refractivity contribution in [3.05, 3.63) is 41.0 Å². The van der Waals surface area contributed by atoms with Gasteiger partial charge in [0.15, 0.2) is 0 Å². The molecule has 6 heteroatoms. The summed E-state index contributed by atoms with van der Waals surface area (Å²) in [6, 6.07) is 9.01. The summed E-state index contributed by atoms with van der Waals surface area (Å²) in [7, 11) is 0. The average Bonchev–Trinajstić information content (AvgIpc) is 2.59. The molecule has 1 aliphatic rings. The molecular weight excluding hydrogens is 326 g/mol. The number of hydrogen-bond donors (Lipinski definition) is 2. The molecule has 0 saturated heterocycles. The van der Waals surface area contributed by atoms with E-state index in [-0.39, 0.29) is 17.7 Å². The van der Waals surface area contributed by atoms with E-state index in [1.165, 1.54) is 0 Å². The summed E-state index contributed by atoms with van der Waals surface area (Å²) in [6.07, 6.45) is 3.44. The molecule has 2 aromatic rings. The smallest absolute Gasteiger partial charge is 0.269 e. The zero-order valence-electron chi connectivity index (χ0n) is 13.3. The number of aromatic nitrogens is 1. The molecular formula is C18H20ClN3O2. The van der Waals surface area contributed by atoms with Crippen molar-refractivity contribution < 1.29 is 9.59 Å². The fraction of sp³-hybridized carbons (Fsp3) is 0.389. The molecule has 0 radical (unpaired) electrons. The number of nitrogens with one attached hydrogen (secondary N) is 1. The highest BCUT2D eigenvalue weighted by molar-refractivity contribution is 6.31. The Balaban J connectivity index is 1.58. The van der Waals surface area contributed by atoms with Crippen LogP contribution in [0, 0.1) is 11.8 Å². The van der Waals surface area contributed by atoms with Crippen LogP contribution in [0.5, 0.6) is 0 Å². The molecule has 1 aromatic carbocycles. The second-order valence-electron chi connectivity index (χ2n) is 6.36. The Hall–Kier alpha value is -2.14. The normalized spacial score (nSPS) is 20.7. The third-order valence-electron chi connectivity index (χ3n) is 4.69. The van der Waals surface area contributed by atoms with Crippen molar-refractivity contribution in [1.82, 2.24) is 10.3 Å². The quantitative estimate of drug-likeness (QED) is 0.893. The van der Waals surface area contributed by atoms with Crippen molar-refractivity contribution in [1.29, 1.82) is 0 Å². The number of carbonyl (C=O) groups is 2. The van der Waals surface area contributed by atoms with E-state index < -0.39 is 0 Å². The van der Waals surface area contributed by atoms with E-state index in [1.54, 1.807) is 18.2 Å². The van der Waals surface area contributed by atoms with Gasteiger partial charge in [-0.25, -0.2) is 4.98 Å². The summed E-state index contributed by atoms with van der Waals surface area (Å²) < 4.78 is 0. The van der Waals surface area contributed by atoms with Crippen LogP contribution in [0.1, 0.15) is 36.2 Å². The van der Waals surface area contributed by atoms with Gasteiger partial charge in [-0.1, -0.05) is 23.7 Å². The first-order valence-electron chi connectivity index (χ1n) is 8.17. The van der Waals surface area contributed by atoms with E-state index in [1.807, 2.05) is 12.1 Å². The van der Waals surface area contributed by atoms with Crippen LogP contribution in [-0.2, 0) is 4.79 Å². The van der Waals surface area contributed by atoms with Gasteiger partial charge in [-0.2, -0.15) is 0 Å². The van der Waals surface area contributed by atoms with Crippen LogP contribution < -0.4 is 11.1 Å². The van der Waals surface area contributed by atoms with Crippen LogP contribution in [0.4, 0.5) is 0 Å². The molecule has 1 heterocycles. The van der Waals surface area contributed by atoms with E-state index >= 15 is 0 Å². The van der Waals surface area contributed by atoms with Crippen LogP contribution >= 0.6 is 11.6 Å². The zero-order valence-corrected chi connectivity index (χ0v) is 14.1. The van der Waals surface area contributed by atoms with E-state index in [9.17, 15) is 9.59 Å². The van der Waals surface area contributed by atoms with Gasteiger partial charge in [0.25, 0.3) is 5.91 Å². The minimum atomic E-state index is -0.212. The number of amides is 2. The molecule has 1 fully saturated rings. The van der Waals surface area contributed by atoms with E-state index in [4.69, 9.17) is 17.3 Å². The molecule has 3 N–H and O–H groups in total. The maximum Gasteiger partial charge on any atom is 0.269 e. The van der Waals surface area contributed by atoms with Crippen LogP contribution in [0.3, 0.4) is 0 Å². The SMILES string of the molecule is NC(=O)C1CCC(CNC(=O)c2ccc3ccc(Cl)cc3n2)CC1. The van der Waals surface area contributed by atoms with Crippen molar-refractivity contribution in [2.24, 2.45) is 17.6 Å². The van der Waals surface area contributed by atoms with Crippen molar-refractivity contribution in [3.63, 3.8) is 0 Å². The molecule has 0 bridgehead atoms. The number of pyridine rings is 1. The maximum absolute atomic E-state index is 12.3. The van der Waals surface area contributed by atoms with Gasteiger partial charge in [-0.05, 0) is 49.8 Å². The minimum absolute atomic E-state index is 0.0103. The number of hydrogen-bond acceptors (Lipinski definition) is 3. The second kappa shape index (κ2) is 7.18. The zero-order chi connectivity index (χ0) is 17.1. The van der Waals surface area contributed by atoms with Crippen molar-refractivity contribution >= 4 is 34.3 Å².